The number of sulfonamides is 1. The Hall–Kier alpha value is -2.62. The number of esters is 1. The first-order valence-corrected chi connectivity index (χ1v) is 14.6. The van der Waals surface area contributed by atoms with Gasteiger partial charge in [0.2, 0.25) is 21.8 Å². The molecule has 0 saturated carbocycles. The fraction of sp³-hybridized carbons (Fsp3) is 0.423. The summed E-state index contributed by atoms with van der Waals surface area (Å²) < 4.78 is 30.5. The van der Waals surface area contributed by atoms with Gasteiger partial charge < -0.3 is 9.64 Å². The van der Waals surface area contributed by atoms with Crippen molar-refractivity contribution < 1.29 is 27.5 Å². The van der Waals surface area contributed by atoms with Crippen LogP contribution in [0.4, 0.5) is 0 Å². The van der Waals surface area contributed by atoms with Gasteiger partial charge >= 0.3 is 5.97 Å². The quantitative estimate of drug-likeness (QED) is 0.447. The zero-order valence-electron chi connectivity index (χ0n) is 20.8. The normalized spacial score (nSPS) is 20.8. The van der Waals surface area contributed by atoms with Gasteiger partial charge in [0.05, 0.1) is 18.9 Å². The van der Waals surface area contributed by atoms with Crippen LogP contribution in [0, 0.1) is 5.92 Å². The molecular weight excluding hydrogens is 539 g/mol. The van der Waals surface area contributed by atoms with Gasteiger partial charge in [0.25, 0.3) is 0 Å². The summed E-state index contributed by atoms with van der Waals surface area (Å²) >= 11 is 12.5. The highest BCUT2D eigenvalue weighted by Crippen LogP contribution is 2.47. The summed E-state index contributed by atoms with van der Waals surface area (Å²) in [6.07, 6.45) is 1.03. The van der Waals surface area contributed by atoms with Gasteiger partial charge in [0.15, 0.2) is 0 Å². The molecule has 4 unspecified atom stereocenters. The number of halogens is 2. The number of likely N-dealkylation sites (tertiary alicyclic amines) is 1. The first kappa shape index (κ1) is 28.9. The molecule has 3 rings (SSSR count). The average molecular weight is 570 g/mol. The lowest BCUT2D eigenvalue weighted by molar-refractivity contribution is -0.163. The van der Waals surface area contributed by atoms with E-state index in [9.17, 15) is 22.8 Å². The van der Waals surface area contributed by atoms with E-state index in [1.54, 1.807) is 56.3 Å². The molecule has 2 amide bonds. The maximum atomic E-state index is 14.0. The molecule has 11 heteroatoms. The van der Waals surface area contributed by atoms with Crippen molar-refractivity contribution in [2.45, 2.75) is 51.1 Å². The number of benzene rings is 2. The van der Waals surface area contributed by atoms with Crippen molar-refractivity contribution in [1.82, 2.24) is 9.62 Å². The van der Waals surface area contributed by atoms with E-state index in [1.165, 1.54) is 4.90 Å². The van der Waals surface area contributed by atoms with Crippen LogP contribution in [-0.4, -0.2) is 50.0 Å². The number of hydrogen-bond donors (Lipinski definition) is 1. The minimum atomic E-state index is -3.80. The van der Waals surface area contributed by atoms with Gasteiger partial charge in [-0.1, -0.05) is 54.4 Å². The number of carbonyl (C=O) groups is 3. The van der Waals surface area contributed by atoms with E-state index in [4.69, 9.17) is 27.9 Å². The smallest absolute Gasteiger partial charge is 0.328 e. The zero-order valence-corrected chi connectivity index (χ0v) is 23.1. The van der Waals surface area contributed by atoms with Gasteiger partial charge in [-0.15, -0.1) is 0 Å². The minimum absolute atomic E-state index is 0.140. The van der Waals surface area contributed by atoms with Crippen LogP contribution in [0.2, 0.25) is 10.0 Å². The number of rotatable bonds is 9. The maximum absolute atomic E-state index is 14.0. The summed E-state index contributed by atoms with van der Waals surface area (Å²) in [6, 6.07) is 12.7. The summed E-state index contributed by atoms with van der Waals surface area (Å²) in [5, 5.41) is 1.02. The van der Waals surface area contributed by atoms with E-state index >= 15 is 0 Å². The number of carbonyl (C=O) groups excluding carboxylic acids is 3. The summed E-state index contributed by atoms with van der Waals surface area (Å²) in [5.41, 5.74) is 1.57. The Bertz CT molecular complexity index is 1250. The van der Waals surface area contributed by atoms with Gasteiger partial charge in [-0.2, -0.15) is 0 Å². The molecule has 1 aliphatic heterocycles. The lowest BCUT2D eigenvalue weighted by atomic mass is 9.74. The third-order valence-corrected chi connectivity index (χ3v) is 7.41. The molecule has 2 aromatic rings. The second-order valence-corrected chi connectivity index (χ2v) is 11.6. The third-order valence-electron chi connectivity index (χ3n) is 6.32. The Morgan fingerprint density at radius 1 is 1.08 bits per heavy atom. The fourth-order valence-corrected chi connectivity index (χ4v) is 5.71. The van der Waals surface area contributed by atoms with Crippen molar-refractivity contribution in [3.63, 3.8) is 0 Å². The van der Waals surface area contributed by atoms with Crippen LogP contribution in [0.25, 0.3) is 0 Å². The summed E-state index contributed by atoms with van der Waals surface area (Å²) in [6.45, 7) is 3.61. The molecule has 0 aromatic heterocycles. The van der Waals surface area contributed by atoms with Crippen molar-refractivity contribution in [2.24, 2.45) is 5.92 Å². The predicted octanol–water partition coefficient (Wildman–Crippen LogP) is 4.47. The third kappa shape index (κ3) is 7.24. The second kappa shape index (κ2) is 12.3. The Kier molecular flexibility index (Phi) is 9.61. The molecule has 0 aliphatic carbocycles. The van der Waals surface area contributed by atoms with Crippen LogP contribution < -0.4 is 4.72 Å². The second-order valence-electron chi connectivity index (χ2n) is 9.01. The molecule has 200 valence electrons. The minimum Gasteiger partial charge on any atom is -0.464 e. The average Bonchev–Trinajstić information content (AvgIpc) is 2.81. The Morgan fingerprint density at radius 2 is 1.76 bits per heavy atom. The summed E-state index contributed by atoms with van der Waals surface area (Å²) in [5.74, 6) is -3.01. The molecule has 4 atom stereocenters. The molecule has 37 heavy (non-hydrogen) atoms. The standard InChI is InChI=1S/C26H30Cl2N2O6S/c1-4-22(26(33)36-5-2)30-24(16-9-11-19(27)12-10-16)21(17-7-6-8-20(28)13-17)14-18(25(30)32)15-23(31)29-37(3,34)35/h6-13,18,21-22,24H,4-5,14-15H2,1-3H3,(H,29,31). The van der Waals surface area contributed by atoms with Crippen LogP contribution >= 0.6 is 23.2 Å². The van der Waals surface area contributed by atoms with Crippen LogP contribution in [-0.2, 0) is 29.1 Å². The van der Waals surface area contributed by atoms with E-state index in [2.05, 4.69) is 0 Å². The molecular formula is C26H30Cl2N2O6S. The van der Waals surface area contributed by atoms with Gasteiger partial charge in [-0.3, -0.25) is 14.3 Å². The predicted molar refractivity (Wildman–Crippen MR) is 142 cm³/mol. The van der Waals surface area contributed by atoms with E-state index in [1.807, 2.05) is 10.8 Å². The molecule has 0 spiro atoms. The number of nitrogens with one attached hydrogen (secondary N) is 1. The van der Waals surface area contributed by atoms with E-state index < -0.39 is 45.8 Å². The first-order valence-electron chi connectivity index (χ1n) is 12.0. The molecule has 8 nitrogen and oxygen atoms in total. The maximum Gasteiger partial charge on any atom is 0.328 e. The highest BCUT2D eigenvalue weighted by molar-refractivity contribution is 7.89. The van der Waals surface area contributed by atoms with Crippen LogP contribution in [0.3, 0.4) is 0 Å². The van der Waals surface area contributed by atoms with Gasteiger partial charge in [-0.05, 0) is 55.2 Å². The number of amides is 2. The molecule has 0 radical (unpaired) electrons. The molecule has 1 saturated heterocycles. The van der Waals surface area contributed by atoms with Crippen LogP contribution in [0.5, 0.6) is 0 Å². The fourth-order valence-electron chi connectivity index (χ4n) is 4.89. The van der Waals surface area contributed by atoms with Crippen LogP contribution in [0.15, 0.2) is 48.5 Å². The first-order chi connectivity index (χ1) is 17.4. The number of hydrogen-bond acceptors (Lipinski definition) is 6. The van der Waals surface area contributed by atoms with E-state index in [0.29, 0.717) is 10.0 Å². The Morgan fingerprint density at radius 3 is 2.32 bits per heavy atom. The highest BCUT2D eigenvalue weighted by Gasteiger charge is 2.48. The van der Waals surface area contributed by atoms with E-state index in [-0.39, 0.29) is 31.8 Å². The topological polar surface area (TPSA) is 110 Å². The largest absolute Gasteiger partial charge is 0.464 e. The Labute approximate surface area is 227 Å². The van der Waals surface area contributed by atoms with E-state index in [0.717, 1.165) is 17.4 Å². The summed E-state index contributed by atoms with van der Waals surface area (Å²) in [7, 11) is -3.80. The summed E-state index contributed by atoms with van der Waals surface area (Å²) in [4.78, 5) is 41.1. The molecule has 1 heterocycles. The molecule has 1 N–H and O–H groups in total. The van der Waals surface area contributed by atoms with Crippen molar-refractivity contribution >= 4 is 51.0 Å². The van der Waals surface area contributed by atoms with Gasteiger partial charge in [0, 0.05) is 28.3 Å². The zero-order chi connectivity index (χ0) is 27.3. The van der Waals surface area contributed by atoms with Crippen molar-refractivity contribution in [2.75, 3.05) is 12.9 Å². The number of nitrogens with zero attached hydrogens (tertiary/aromatic N) is 1. The molecule has 1 fully saturated rings. The van der Waals surface area contributed by atoms with Gasteiger partial charge in [-0.25, -0.2) is 13.2 Å². The van der Waals surface area contributed by atoms with Crippen LogP contribution in [0.1, 0.15) is 56.2 Å². The molecule has 1 aliphatic rings. The number of ether oxygens (including phenoxy) is 1. The lowest BCUT2D eigenvalue weighted by Gasteiger charge is -2.47. The van der Waals surface area contributed by atoms with Crippen molar-refractivity contribution in [3.8, 4) is 0 Å². The van der Waals surface area contributed by atoms with Gasteiger partial charge in [0.1, 0.15) is 6.04 Å². The molecule has 0 bridgehead atoms. The lowest BCUT2D eigenvalue weighted by Crippen LogP contribution is -2.55. The Balaban J connectivity index is 2.17. The number of piperidine rings is 1. The SMILES string of the molecule is CCOC(=O)C(CC)N1C(=O)C(CC(=O)NS(C)(=O)=O)CC(c2cccc(Cl)c2)C1c1ccc(Cl)cc1. The van der Waals surface area contributed by atoms with Crippen molar-refractivity contribution in [1.29, 1.82) is 0 Å². The molecule has 2 aromatic carbocycles. The van der Waals surface area contributed by atoms with Crippen molar-refractivity contribution in [3.05, 3.63) is 69.7 Å². The highest BCUT2D eigenvalue weighted by atomic mass is 35.5. The monoisotopic (exact) mass is 568 g/mol.